The van der Waals surface area contributed by atoms with Gasteiger partial charge in [0, 0.05) is 0 Å². The van der Waals surface area contributed by atoms with Crippen LogP contribution < -0.4 is 0 Å². The molecule has 0 atom stereocenters. The second-order valence-corrected chi connectivity index (χ2v) is 29.1. The van der Waals surface area contributed by atoms with Crippen LogP contribution in [-0.4, -0.2) is 49.1 Å². The van der Waals surface area contributed by atoms with Crippen LogP contribution in [0.3, 0.4) is 0 Å². The van der Waals surface area contributed by atoms with Crippen molar-refractivity contribution in [2.24, 2.45) is 0 Å². The predicted octanol–water partition coefficient (Wildman–Crippen LogP) is 30.1. The van der Waals surface area contributed by atoms with Crippen LogP contribution in [0.15, 0.2) is 0 Å². The summed E-state index contributed by atoms with van der Waals surface area (Å²) in [7, 11) is 0. The van der Waals surface area contributed by atoms with E-state index in [9.17, 15) is 0 Å². The molecular formula is C83H170N2. The Bertz CT molecular complexity index is 939. The van der Waals surface area contributed by atoms with E-state index in [1.54, 1.807) is 0 Å². The molecule has 2 heteroatoms. The van der Waals surface area contributed by atoms with Gasteiger partial charge in [0.1, 0.15) is 0 Å². The Kier molecular flexibility index (Phi) is 79.9. The molecular weight excluding hydrogens is 1020 g/mol. The molecule has 0 spiro atoms. The van der Waals surface area contributed by atoms with Gasteiger partial charge in [-0.15, -0.1) is 0 Å². The first-order chi connectivity index (χ1) is 42.3. The average Bonchev–Trinajstić information content (AvgIpc) is 3.51. The van der Waals surface area contributed by atoms with E-state index in [-0.39, 0.29) is 0 Å². The van der Waals surface area contributed by atoms with Gasteiger partial charge in [0.05, 0.1) is 0 Å². The van der Waals surface area contributed by atoms with Gasteiger partial charge >= 0.3 is 0 Å². The van der Waals surface area contributed by atoms with E-state index in [2.05, 4.69) is 37.5 Å². The zero-order valence-electron chi connectivity index (χ0n) is 60.8. The van der Waals surface area contributed by atoms with Crippen LogP contribution in [0.5, 0.6) is 0 Å². The Morgan fingerprint density at radius 2 is 0.176 bits per heavy atom. The standard InChI is InChI=1S/C83H170N2/c1-5-9-13-17-21-25-29-33-37-41-45-49-53-57-61-65-69-73-78-84(79-74-70-66-62-58-54-50-46-42-38-34-30-26-22-18-14-10-6-2)82-77-83-85(80-75-71-67-63-59-55-51-47-43-39-35-31-27-23-19-15-11-7-3)81-76-72-68-64-60-56-52-48-44-40-36-32-28-24-20-16-12-8-4/h5-83H2,1-4H3. The topological polar surface area (TPSA) is 6.48 Å². The van der Waals surface area contributed by atoms with E-state index in [0.717, 1.165) is 0 Å². The van der Waals surface area contributed by atoms with Crippen LogP contribution in [-0.2, 0) is 0 Å². The summed E-state index contributed by atoms with van der Waals surface area (Å²) in [6, 6.07) is 0. The van der Waals surface area contributed by atoms with Crippen molar-refractivity contribution in [2.45, 2.75) is 496 Å². The molecule has 0 saturated carbocycles. The Morgan fingerprint density at radius 3 is 0.282 bits per heavy atom. The number of rotatable bonds is 80. The second-order valence-electron chi connectivity index (χ2n) is 29.1. The van der Waals surface area contributed by atoms with Crippen LogP contribution >= 0.6 is 0 Å². The zero-order valence-corrected chi connectivity index (χ0v) is 60.8. The lowest BCUT2D eigenvalue weighted by atomic mass is 10.0. The normalized spacial score (nSPS) is 11.9. The summed E-state index contributed by atoms with van der Waals surface area (Å²) in [5.41, 5.74) is 0. The highest BCUT2D eigenvalue weighted by Gasteiger charge is 2.10. The molecule has 0 aliphatic carbocycles. The van der Waals surface area contributed by atoms with Gasteiger partial charge in [-0.1, -0.05) is 464 Å². The molecule has 0 amide bonds. The van der Waals surface area contributed by atoms with Gasteiger partial charge in [0.25, 0.3) is 0 Å². The van der Waals surface area contributed by atoms with Crippen molar-refractivity contribution in [3.8, 4) is 0 Å². The summed E-state index contributed by atoms with van der Waals surface area (Å²) in [6.45, 7) is 17.4. The van der Waals surface area contributed by atoms with Crippen LogP contribution in [0, 0.1) is 0 Å². The van der Waals surface area contributed by atoms with Gasteiger partial charge in [-0.2, -0.15) is 0 Å². The summed E-state index contributed by atoms with van der Waals surface area (Å²) in [5, 5.41) is 0. The first-order valence-electron chi connectivity index (χ1n) is 41.7. The fraction of sp³-hybridized carbons (Fsp3) is 1.00. The molecule has 0 fully saturated rings. The second kappa shape index (κ2) is 80.0. The first-order valence-corrected chi connectivity index (χ1v) is 41.7. The number of hydrogen-bond acceptors (Lipinski definition) is 2. The third-order valence-electron chi connectivity index (χ3n) is 20.3. The van der Waals surface area contributed by atoms with Gasteiger partial charge in [-0.3, -0.25) is 0 Å². The predicted molar refractivity (Wildman–Crippen MR) is 393 cm³/mol. The van der Waals surface area contributed by atoms with Gasteiger partial charge in [-0.25, -0.2) is 0 Å². The van der Waals surface area contributed by atoms with E-state index < -0.39 is 0 Å². The minimum absolute atomic E-state index is 1.34. The van der Waals surface area contributed by atoms with E-state index in [1.807, 2.05) is 0 Å². The van der Waals surface area contributed by atoms with E-state index in [1.165, 1.54) is 508 Å². The Labute approximate surface area is 542 Å². The highest BCUT2D eigenvalue weighted by molar-refractivity contribution is 4.66. The van der Waals surface area contributed by atoms with Crippen LogP contribution in [0.4, 0.5) is 0 Å². The number of nitrogens with zero attached hydrogens (tertiary/aromatic N) is 2. The largest absolute Gasteiger partial charge is 0.303 e. The van der Waals surface area contributed by atoms with Gasteiger partial charge in [0.2, 0.25) is 0 Å². The van der Waals surface area contributed by atoms with E-state index >= 15 is 0 Å². The third kappa shape index (κ3) is 76.3. The lowest BCUT2D eigenvalue weighted by molar-refractivity contribution is 0.215. The Balaban J connectivity index is 4.82. The molecule has 0 rings (SSSR count). The summed E-state index contributed by atoms with van der Waals surface area (Å²) < 4.78 is 0. The summed E-state index contributed by atoms with van der Waals surface area (Å²) >= 11 is 0. The van der Waals surface area contributed by atoms with Gasteiger partial charge < -0.3 is 9.80 Å². The average molecular weight is 1200 g/mol. The van der Waals surface area contributed by atoms with Crippen LogP contribution in [0.2, 0.25) is 0 Å². The fourth-order valence-electron chi connectivity index (χ4n) is 14.1. The minimum Gasteiger partial charge on any atom is -0.303 e. The molecule has 0 unspecified atom stereocenters. The quantitative estimate of drug-likeness (QED) is 0.0560. The monoisotopic (exact) mass is 1200 g/mol. The van der Waals surface area contributed by atoms with Crippen molar-refractivity contribution in [3.05, 3.63) is 0 Å². The minimum atomic E-state index is 1.34. The fourth-order valence-corrected chi connectivity index (χ4v) is 14.1. The maximum Gasteiger partial charge on any atom is -0.000655 e. The molecule has 2 nitrogen and oxygen atoms in total. The Morgan fingerprint density at radius 1 is 0.0941 bits per heavy atom. The highest BCUT2D eigenvalue weighted by Crippen LogP contribution is 2.20. The lowest BCUT2D eigenvalue weighted by Gasteiger charge is -2.26. The van der Waals surface area contributed by atoms with Crippen LogP contribution in [0.25, 0.3) is 0 Å². The molecule has 0 aliphatic rings. The highest BCUT2D eigenvalue weighted by atomic mass is 15.1. The van der Waals surface area contributed by atoms with E-state index in [0.29, 0.717) is 0 Å². The van der Waals surface area contributed by atoms with Gasteiger partial charge in [-0.05, 0) is 71.4 Å². The Hall–Kier alpha value is -0.0800. The van der Waals surface area contributed by atoms with Crippen molar-refractivity contribution in [1.82, 2.24) is 9.80 Å². The molecule has 85 heavy (non-hydrogen) atoms. The molecule has 0 heterocycles. The van der Waals surface area contributed by atoms with Gasteiger partial charge in [0.15, 0.2) is 0 Å². The zero-order chi connectivity index (χ0) is 61.0. The molecule has 0 aliphatic heterocycles. The maximum absolute atomic E-state index is 2.95. The third-order valence-corrected chi connectivity index (χ3v) is 20.3. The smallest absolute Gasteiger partial charge is 0.000655 e. The molecule has 0 radical (unpaired) electrons. The van der Waals surface area contributed by atoms with Crippen molar-refractivity contribution < 1.29 is 0 Å². The molecule has 0 aromatic heterocycles. The number of hydrogen-bond donors (Lipinski definition) is 0. The van der Waals surface area contributed by atoms with Crippen molar-refractivity contribution in [3.63, 3.8) is 0 Å². The van der Waals surface area contributed by atoms with Crippen molar-refractivity contribution in [2.75, 3.05) is 39.3 Å². The lowest BCUT2D eigenvalue weighted by Crippen LogP contribution is -2.32. The number of unbranched alkanes of at least 4 members (excludes halogenated alkanes) is 68. The van der Waals surface area contributed by atoms with Crippen molar-refractivity contribution >= 4 is 0 Å². The maximum atomic E-state index is 2.95. The molecule has 0 aromatic rings. The SMILES string of the molecule is CCCCCCCCCCCCCCCCCCCCN(CCCCCCCCCCCCCCCCCCCC)CCCN(CCCCCCCCCCCCCCCCCCCC)CCCCCCCCCCCCCCCCCCCC. The molecule has 0 N–H and O–H groups in total. The molecule has 0 aromatic carbocycles. The molecule has 512 valence electrons. The van der Waals surface area contributed by atoms with Crippen molar-refractivity contribution in [1.29, 1.82) is 0 Å². The summed E-state index contributed by atoms with van der Waals surface area (Å²) in [4.78, 5) is 5.90. The molecule has 0 bridgehead atoms. The van der Waals surface area contributed by atoms with Crippen LogP contribution in [0.1, 0.15) is 496 Å². The van der Waals surface area contributed by atoms with E-state index in [4.69, 9.17) is 0 Å². The summed E-state index contributed by atoms with van der Waals surface area (Å²) in [6.07, 6.45) is 107. The summed E-state index contributed by atoms with van der Waals surface area (Å²) in [5.74, 6) is 0. The molecule has 0 saturated heterocycles. The first kappa shape index (κ1) is 84.9.